The van der Waals surface area contributed by atoms with Gasteiger partial charge >= 0.3 is 0 Å². The zero-order valence-corrected chi connectivity index (χ0v) is 7.59. The third kappa shape index (κ3) is 1.06. The SMILES string of the molecule is OC[C@@]1(O)CO[C@@]2(CO)[C@@H]1OC[C@@H]2O. The monoisotopic (exact) mass is 206 g/mol. The summed E-state index contributed by atoms with van der Waals surface area (Å²) in [5, 5.41) is 37.6. The fourth-order valence-corrected chi connectivity index (χ4v) is 2.12. The molecule has 0 aromatic carbocycles. The van der Waals surface area contributed by atoms with Crippen LogP contribution < -0.4 is 0 Å². The predicted octanol–water partition coefficient (Wildman–Crippen LogP) is -2.77. The minimum Gasteiger partial charge on any atom is -0.393 e. The van der Waals surface area contributed by atoms with Gasteiger partial charge in [0.2, 0.25) is 0 Å². The van der Waals surface area contributed by atoms with E-state index in [-0.39, 0.29) is 13.2 Å². The normalized spacial score (nSPS) is 52.3. The molecule has 0 radical (unpaired) electrons. The van der Waals surface area contributed by atoms with Crippen LogP contribution >= 0.6 is 0 Å². The first-order valence-electron chi connectivity index (χ1n) is 4.47. The first-order chi connectivity index (χ1) is 6.59. The maximum atomic E-state index is 9.86. The van der Waals surface area contributed by atoms with Crippen LogP contribution in [0, 0.1) is 0 Å². The van der Waals surface area contributed by atoms with Crippen molar-refractivity contribution in [2.75, 3.05) is 26.4 Å². The van der Waals surface area contributed by atoms with Gasteiger partial charge in [-0.3, -0.25) is 0 Å². The molecule has 2 aliphatic rings. The molecule has 0 amide bonds. The average Bonchev–Trinajstić information content (AvgIpc) is 2.67. The molecule has 2 saturated heterocycles. The lowest BCUT2D eigenvalue weighted by molar-refractivity contribution is -0.109. The molecule has 0 aliphatic carbocycles. The molecule has 2 heterocycles. The molecule has 0 aromatic rings. The molecule has 14 heavy (non-hydrogen) atoms. The summed E-state index contributed by atoms with van der Waals surface area (Å²) in [5.41, 5.74) is -2.81. The molecule has 2 aliphatic heterocycles. The quantitative estimate of drug-likeness (QED) is 0.390. The van der Waals surface area contributed by atoms with Gasteiger partial charge in [0.25, 0.3) is 0 Å². The zero-order chi connectivity index (χ0) is 10.4. The Morgan fingerprint density at radius 2 is 2.00 bits per heavy atom. The predicted molar refractivity (Wildman–Crippen MR) is 43.6 cm³/mol. The van der Waals surface area contributed by atoms with E-state index < -0.39 is 36.6 Å². The van der Waals surface area contributed by atoms with Gasteiger partial charge in [-0.2, -0.15) is 0 Å². The van der Waals surface area contributed by atoms with E-state index in [0.717, 1.165) is 0 Å². The molecular formula is C8H14O6. The molecular weight excluding hydrogens is 192 g/mol. The van der Waals surface area contributed by atoms with E-state index in [4.69, 9.17) is 19.7 Å². The number of fused-ring (bicyclic) bond motifs is 1. The summed E-state index contributed by atoms with van der Waals surface area (Å²) in [5.74, 6) is 0. The Balaban J connectivity index is 2.30. The Morgan fingerprint density at radius 1 is 1.29 bits per heavy atom. The highest BCUT2D eigenvalue weighted by Gasteiger charge is 2.65. The number of hydrogen-bond donors (Lipinski definition) is 4. The van der Waals surface area contributed by atoms with Crippen molar-refractivity contribution in [3.8, 4) is 0 Å². The Morgan fingerprint density at radius 3 is 2.57 bits per heavy atom. The summed E-state index contributed by atoms with van der Waals surface area (Å²) in [7, 11) is 0. The van der Waals surface area contributed by atoms with Crippen LogP contribution in [0.4, 0.5) is 0 Å². The number of rotatable bonds is 2. The van der Waals surface area contributed by atoms with E-state index in [1.807, 2.05) is 0 Å². The van der Waals surface area contributed by atoms with Crippen molar-refractivity contribution >= 4 is 0 Å². The first-order valence-corrected chi connectivity index (χ1v) is 4.47. The molecule has 4 atom stereocenters. The number of hydrogen-bond acceptors (Lipinski definition) is 6. The molecule has 2 rings (SSSR count). The van der Waals surface area contributed by atoms with Gasteiger partial charge in [0.15, 0.2) is 0 Å². The molecule has 0 spiro atoms. The summed E-state index contributed by atoms with van der Waals surface area (Å²) in [4.78, 5) is 0. The van der Waals surface area contributed by atoms with Gasteiger partial charge in [0.05, 0.1) is 26.4 Å². The second-order valence-corrected chi connectivity index (χ2v) is 3.89. The maximum Gasteiger partial charge on any atom is 0.148 e. The van der Waals surface area contributed by atoms with Crippen molar-refractivity contribution < 1.29 is 29.9 Å². The minimum atomic E-state index is -1.53. The fraction of sp³-hybridized carbons (Fsp3) is 1.00. The molecule has 0 bridgehead atoms. The molecule has 0 aromatic heterocycles. The molecule has 6 heteroatoms. The van der Waals surface area contributed by atoms with E-state index in [1.54, 1.807) is 0 Å². The molecule has 0 unspecified atom stereocenters. The van der Waals surface area contributed by atoms with Gasteiger partial charge in [0.1, 0.15) is 23.4 Å². The summed E-state index contributed by atoms with van der Waals surface area (Å²) < 4.78 is 10.3. The lowest BCUT2D eigenvalue weighted by Crippen LogP contribution is -2.55. The highest BCUT2D eigenvalue weighted by atomic mass is 16.6. The standard InChI is InChI=1S/C8H14O6/c9-2-7(12)4-14-8(3-10)5(11)1-13-6(7)8/h5-6,9-12H,1-4H2/t5-,6+,7+,8+/m0/s1. The Bertz CT molecular complexity index is 234. The molecule has 0 saturated carbocycles. The highest BCUT2D eigenvalue weighted by Crippen LogP contribution is 2.42. The van der Waals surface area contributed by atoms with Crippen molar-refractivity contribution in [2.24, 2.45) is 0 Å². The number of aliphatic hydroxyl groups is 4. The van der Waals surface area contributed by atoms with Crippen LogP contribution in [0.1, 0.15) is 0 Å². The Hall–Kier alpha value is -0.240. The van der Waals surface area contributed by atoms with E-state index in [9.17, 15) is 10.2 Å². The molecule has 2 fully saturated rings. The van der Waals surface area contributed by atoms with Crippen LogP contribution in [0.15, 0.2) is 0 Å². The van der Waals surface area contributed by atoms with E-state index in [1.165, 1.54) is 0 Å². The van der Waals surface area contributed by atoms with Crippen LogP contribution in [0.2, 0.25) is 0 Å². The summed E-state index contributed by atoms with van der Waals surface area (Å²) in [6, 6.07) is 0. The second kappa shape index (κ2) is 3.13. The number of ether oxygens (including phenoxy) is 2. The fourth-order valence-electron chi connectivity index (χ4n) is 2.12. The van der Waals surface area contributed by atoms with E-state index >= 15 is 0 Å². The largest absolute Gasteiger partial charge is 0.393 e. The molecule has 4 N–H and O–H groups in total. The van der Waals surface area contributed by atoms with Crippen molar-refractivity contribution in [3.63, 3.8) is 0 Å². The topological polar surface area (TPSA) is 99.4 Å². The van der Waals surface area contributed by atoms with Gasteiger partial charge in [-0.05, 0) is 0 Å². The van der Waals surface area contributed by atoms with Crippen molar-refractivity contribution in [2.45, 2.75) is 23.4 Å². The minimum absolute atomic E-state index is 0.00641. The maximum absolute atomic E-state index is 9.86. The van der Waals surface area contributed by atoms with Crippen molar-refractivity contribution in [1.29, 1.82) is 0 Å². The Labute approximate surface area is 80.7 Å². The molecule has 82 valence electrons. The first kappa shape index (κ1) is 10.3. The summed E-state index contributed by atoms with van der Waals surface area (Å²) >= 11 is 0. The highest BCUT2D eigenvalue weighted by molar-refractivity contribution is 5.13. The molecule has 6 nitrogen and oxygen atoms in total. The van der Waals surface area contributed by atoms with Gasteiger partial charge in [-0.15, -0.1) is 0 Å². The summed E-state index contributed by atoms with van der Waals surface area (Å²) in [6.07, 6.45) is -1.85. The average molecular weight is 206 g/mol. The second-order valence-electron chi connectivity index (χ2n) is 3.89. The summed E-state index contributed by atoms with van der Waals surface area (Å²) in [6.45, 7) is -1.12. The van der Waals surface area contributed by atoms with Crippen LogP contribution in [0.3, 0.4) is 0 Å². The zero-order valence-electron chi connectivity index (χ0n) is 7.59. The third-order valence-corrected chi connectivity index (χ3v) is 3.03. The van der Waals surface area contributed by atoms with Crippen molar-refractivity contribution in [1.82, 2.24) is 0 Å². The van der Waals surface area contributed by atoms with Crippen LogP contribution in [-0.2, 0) is 9.47 Å². The Kier molecular flexibility index (Phi) is 2.30. The van der Waals surface area contributed by atoms with Crippen LogP contribution in [0.5, 0.6) is 0 Å². The van der Waals surface area contributed by atoms with E-state index in [2.05, 4.69) is 0 Å². The lowest BCUT2D eigenvalue weighted by atomic mass is 9.86. The van der Waals surface area contributed by atoms with Gasteiger partial charge in [0, 0.05) is 0 Å². The van der Waals surface area contributed by atoms with Crippen molar-refractivity contribution in [3.05, 3.63) is 0 Å². The van der Waals surface area contributed by atoms with Crippen LogP contribution in [0.25, 0.3) is 0 Å². The smallest absolute Gasteiger partial charge is 0.148 e. The van der Waals surface area contributed by atoms with E-state index in [0.29, 0.717) is 0 Å². The van der Waals surface area contributed by atoms with Gasteiger partial charge in [-0.25, -0.2) is 0 Å². The van der Waals surface area contributed by atoms with Gasteiger partial charge in [-0.1, -0.05) is 0 Å². The third-order valence-electron chi connectivity index (χ3n) is 3.03. The number of aliphatic hydroxyl groups excluding tert-OH is 3. The lowest BCUT2D eigenvalue weighted by Gasteiger charge is -2.30. The van der Waals surface area contributed by atoms with Crippen LogP contribution in [-0.4, -0.2) is 70.3 Å². The van der Waals surface area contributed by atoms with Gasteiger partial charge < -0.3 is 29.9 Å².